The predicted octanol–water partition coefficient (Wildman–Crippen LogP) is 1.34. The molecule has 0 bridgehead atoms. The monoisotopic (exact) mass is 343 g/mol. The SMILES string of the molecule is C[C@@H](Oc1cccc(Cl)c1Cl)C(=O)NNC(=O)c1cn[nH]n1. The van der Waals surface area contributed by atoms with Crippen LogP contribution in [0.2, 0.25) is 10.0 Å². The first-order chi connectivity index (χ1) is 10.5. The Kier molecular flexibility index (Phi) is 5.18. The van der Waals surface area contributed by atoms with Crippen LogP contribution in [-0.4, -0.2) is 33.3 Å². The van der Waals surface area contributed by atoms with Crippen molar-refractivity contribution in [2.45, 2.75) is 13.0 Å². The van der Waals surface area contributed by atoms with Crippen LogP contribution in [0.1, 0.15) is 17.4 Å². The molecule has 0 unspecified atom stereocenters. The normalized spacial score (nSPS) is 11.6. The highest BCUT2D eigenvalue weighted by atomic mass is 35.5. The van der Waals surface area contributed by atoms with Crippen LogP contribution in [0, 0.1) is 0 Å². The maximum absolute atomic E-state index is 11.8. The van der Waals surface area contributed by atoms with Gasteiger partial charge in [0.2, 0.25) is 0 Å². The summed E-state index contributed by atoms with van der Waals surface area (Å²) in [7, 11) is 0. The van der Waals surface area contributed by atoms with Gasteiger partial charge in [-0.3, -0.25) is 20.4 Å². The van der Waals surface area contributed by atoms with Gasteiger partial charge in [-0.1, -0.05) is 29.3 Å². The van der Waals surface area contributed by atoms with E-state index in [1.54, 1.807) is 18.2 Å². The maximum Gasteiger partial charge on any atom is 0.291 e. The minimum absolute atomic E-state index is 0.0340. The van der Waals surface area contributed by atoms with Gasteiger partial charge in [-0.05, 0) is 19.1 Å². The third kappa shape index (κ3) is 3.86. The van der Waals surface area contributed by atoms with E-state index in [9.17, 15) is 9.59 Å². The van der Waals surface area contributed by atoms with E-state index < -0.39 is 17.9 Å². The van der Waals surface area contributed by atoms with Gasteiger partial charge in [0.15, 0.2) is 11.8 Å². The van der Waals surface area contributed by atoms with Crippen molar-refractivity contribution in [1.82, 2.24) is 26.3 Å². The van der Waals surface area contributed by atoms with Gasteiger partial charge in [-0.25, -0.2) is 0 Å². The standard InChI is InChI=1S/C12H11Cl2N5O3/c1-6(22-9-4-2-3-7(13)10(9)14)11(20)17-18-12(21)8-5-15-19-16-8/h2-6H,1H3,(H,17,20)(H,18,21)(H,15,16,19)/t6-/m1/s1. The van der Waals surface area contributed by atoms with Crippen LogP contribution in [0.25, 0.3) is 0 Å². The van der Waals surface area contributed by atoms with Gasteiger partial charge in [0.25, 0.3) is 11.8 Å². The van der Waals surface area contributed by atoms with E-state index in [4.69, 9.17) is 27.9 Å². The molecule has 2 amide bonds. The van der Waals surface area contributed by atoms with Gasteiger partial charge in [0, 0.05) is 0 Å². The molecule has 0 radical (unpaired) electrons. The number of hydrogen-bond donors (Lipinski definition) is 3. The van der Waals surface area contributed by atoms with E-state index >= 15 is 0 Å². The summed E-state index contributed by atoms with van der Waals surface area (Å²) in [5.41, 5.74) is 4.42. The van der Waals surface area contributed by atoms with Crippen molar-refractivity contribution in [3.05, 3.63) is 40.1 Å². The summed E-state index contributed by atoms with van der Waals surface area (Å²) in [4.78, 5) is 23.4. The Morgan fingerprint density at radius 3 is 2.77 bits per heavy atom. The number of benzene rings is 1. The van der Waals surface area contributed by atoms with Gasteiger partial charge < -0.3 is 4.74 Å². The lowest BCUT2D eigenvalue weighted by Gasteiger charge is -2.16. The molecular weight excluding hydrogens is 333 g/mol. The Hall–Kier alpha value is -2.32. The highest BCUT2D eigenvalue weighted by molar-refractivity contribution is 6.42. The van der Waals surface area contributed by atoms with Gasteiger partial charge in [0.05, 0.1) is 11.2 Å². The number of carbonyl (C=O) groups is 2. The Bertz CT molecular complexity index is 677. The molecule has 3 N–H and O–H groups in total. The Morgan fingerprint density at radius 1 is 1.32 bits per heavy atom. The lowest BCUT2D eigenvalue weighted by molar-refractivity contribution is -0.128. The highest BCUT2D eigenvalue weighted by Crippen LogP contribution is 2.31. The number of H-pyrrole nitrogens is 1. The average molecular weight is 344 g/mol. The molecular formula is C12H11Cl2N5O3. The minimum atomic E-state index is -0.909. The van der Waals surface area contributed by atoms with Crippen molar-refractivity contribution in [1.29, 1.82) is 0 Å². The van der Waals surface area contributed by atoms with Crippen LogP contribution in [0.4, 0.5) is 0 Å². The number of nitrogens with zero attached hydrogens (tertiary/aromatic N) is 2. The Balaban J connectivity index is 1.89. The number of rotatable bonds is 4. The van der Waals surface area contributed by atoms with E-state index in [1.807, 2.05) is 0 Å². The average Bonchev–Trinajstić information content (AvgIpc) is 3.03. The molecule has 0 aliphatic heterocycles. The molecule has 10 heteroatoms. The molecule has 2 aromatic rings. The van der Waals surface area contributed by atoms with E-state index in [0.29, 0.717) is 5.02 Å². The van der Waals surface area contributed by atoms with Crippen molar-refractivity contribution in [2.24, 2.45) is 0 Å². The summed E-state index contributed by atoms with van der Waals surface area (Å²) in [5, 5.41) is 9.84. The van der Waals surface area contributed by atoms with Crippen molar-refractivity contribution in [3.8, 4) is 5.75 Å². The molecule has 0 saturated heterocycles. The second-order valence-electron chi connectivity index (χ2n) is 4.11. The summed E-state index contributed by atoms with van der Waals surface area (Å²) in [5.74, 6) is -0.928. The summed E-state index contributed by atoms with van der Waals surface area (Å²) in [6, 6.07) is 4.81. The zero-order valence-electron chi connectivity index (χ0n) is 11.3. The van der Waals surface area contributed by atoms with Crippen molar-refractivity contribution < 1.29 is 14.3 Å². The van der Waals surface area contributed by atoms with Gasteiger partial charge in [0.1, 0.15) is 10.8 Å². The number of hydrogen-bond acceptors (Lipinski definition) is 5. The second-order valence-corrected chi connectivity index (χ2v) is 4.90. The molecule has 2 rings (SSSR count). The molecule has 8 nitrogen and oxygen atoms in total. The molecule has 0 aliphatic carbocycles. The fourth-order valence-corrected chi connectivity index (χ4v) is 1.75. The summed E-state index contributed by atoms with van der Waals surface area (Å²) in [6.07, 6.45) is 0.307. The number of aromatic amines is 1. The number of carbonyl (C=O) groups excluding carboxylic acids is 2. The minimum Gasteiger partial charge on any atom is -0.479 e. The first-order valence-electron chi connectivity index (χ1n) is 6.05. The van der Waals surface area contributed by atoms with Crippen molar-refractivity contribution in [3.63, 3.8) is 0 Å². The summed E-state index contributed by atoms with van der Waals surface area (Å²) in [6.45, 7) is 1.49. The third-order valence-corrected chi connectivity index (χ3v) is 3.34. The first-order valence-corrected chi connectivity index (χ1v) is 6.81. The Labute approximate surface area is 135 Å². The van der Waals surface area contributed by atoms with Crippen molar-refractivity contribution >= 4 is 35.0 Å². The van der Waals surface area contributed by atoms with E-state index in [0.717, 1.165) is 0 Å². The number of amides is 2. The molecule has 22 heavy (non-hydrogen) atoms. The van der Waals surface area contributed by atoms with Gasteiger partial charge in [-0.2, -0.15) is 15.4 Å². The van der Waals surface area contributed by atoms with Crippen LogP contribution in [0.3, 0.4) is 0 Å². The van der Waals surface area contributed by atoms with Crippen LogP contribution in [-0.2, 0) is 4.79 Å². The topological polar surface area (TPSA) is 109 Å². The number of halogens is 2. The second kappa shape index (κ2) is 7.10. The fraction of sp³-hybridized carbons (Fsp3) is 0.167. The van der Waals surface area contributed by atoms with Crippen LogP contribution in [0.5, 0.6) is 5.75 Å². The molecule has 0 saturated carbocycles. The number of hydrazine groups is 1. The molecule has 1 atom stereocenters. The van der Waals surface area contributed by atoms with E-state index in [-0.39, 0.29) is 16.5 Å². The molecule has 0 aliphatic rings. The van der Waals surface area contributed by atoms with Crippen LogP contribution < -0.4 is 15.6 Å². The largest absolute Gasteiger partial charge is 0.479 e. The van der Waals surface area contributed by atoms with E-state index in [1.165, 1.54) is 13.1 Å². The van der Waals surface area contributed by atoms with Crippen LogP contribution in [0.15, 0.2) is 24.4 Å². The summed E-state index contributed by atoms with van der Waals surface area (Å²) >= 11 is 11.8. The highest BCUT2D eigenvalue weighted by Gasteiger charge is 2.18. The van der Waals surface area contributed by atoms with Crippen LogP contribution >= 0.6 is 23.2 Å². The number of nitrogens with one attached hydrogen (secondary N) is 3. The zero-order valence-corrected chi connectivity index (χ0v) is 12.8. The Morgan fingerprint density at radius 2 is 2.09 bits per heavy atom. The lowest BCUT2D eigenvalue weighted by atomic mass is 10.3. The van der Waals surface area contributed by atoms with E-state index in [2.05, 4.69) is 26.3 Å². The third-order valence-electron chi connectivity index (χ3n) is 2.54. The first kappa shape index (κ1) is 16.1. The molecule has 116 valence electrons. The molecule has 1 aromatic heterocycles. The maximum atomic E-state index is 11.8. The zero-order chi connectivity index (χ0) is 16.1. The number of aromatic nitrogens is 3. The molecule has 1 aromatic carbocycles. The smallest absolute Gasteiger partial charge is 0.291 e. The number of ether oxygens (including phenoxy) is 1. The quantitative estimate of drug-likeness (QED) is 0.725. The molecule has 0 spiro atoms. The van der Waals surface area contributed by atoms with Gasteiger partial charge >= 0.3 is 0 Å². The summed E-state index contributed by atoms with van der Waals surface area (Å²) < 4.78 is 5.40. The molecule has 1 heterocycles. The predicted molar refractivity (Wildman–Crippen MR) is 78.5 cm³/mol. The molecule has 0 fully saturated rings. The van der Waals surface area contributed by atoms with Crippen molar-refractivity contribution in [2.75, 3.05) is 0 Å². The van der Waals surface area contributed by atoms with Gasteiger partial charge in [-0.15, -0.1) is 0 Å². The fourth-order valence-electron chi connectivity index (χ4n) is 1.41. The lowest BCUT2D eigenvalue weighted by Crippen LogP contribution is -2.47.